The van der Waals surface area contributed by atoms with Crippen molar-refractivity contribution in [1.29, 1.82) is 10.5 Å². The van der Waals surface area contributed by atoms with Crippen LogP contribution in [0.3, 0.4) is 0 Å². The number of carbonyl (C=O) groups is 1. The highest BCUT2D eigenvalue weighted by atomic mass is 16.1. The minimum atomic E-state index is -1.88. The Morgan fingerprint density at radius 1 is 0.639 bits per heavy atom. The van der Waals surface area contributed by atoms with Crippen molar-refractivity contribution >= 4 is 5.91 Å². The van der Waals surface area contributed by atoms with E-state index in [0.717, 1.165) is 32.2 Å². The quantitative estimate of drug-likeness (QED) is 0.117. The molecular weight excluding hydrogens is 446 g/mol. The van der Waals surface area contributed by atoms with Crippen molar-refractivity contribution in [2.75, 3.05) is 26.2 Å². The fraction of sp³-hybridized carbons (Fsp3) is 0.900. The average Bonchev–Trinajstić information content (AvgIpc) is 2.88. The van der Waals surface area contributed by atoms with Gasteiger partial charge in [-0.3, -0.25) is 9.69 Å². The number of amides is 1. The van der Waals surface area contributed by atoms with E-state index >= 15 is 0 Å². The first-order valence-electron chi connectivity index (χ1n) is 15.2. The molecule has 0 atom stereocenters. The highest BCUT2D eigenvalue weighted by molar-refractivity contribution is 5.91. The minimum Gasteiger partial charge on any atom is -0.366 e. The first-order chi connectivity index (χ1) is 17.6. The number of hydrogen-bond donors (Lipinski definition) is 2. The molecule has 0 radical (unpaired) electrons. The molecule has 6 heteroatoms. The molecule has 0 aromatic rings. The fourth-order valence-electron chi connectivity index (χ4n) is 4.75. The summed E-state index contributed by atoms with van der Waals surface area (Å²) in [5.41, 5.74) is 3.63. The lowest BCUT2D eigenvalue weighted by Gasteiger charge is -2.31. The molecule has 0 fully saturated rings. The zero-order chi connectivity index (χ0) is 26.7. The number of nitrogens with two attached hydrogens (primary N) is 1. The number of nitrogens with zero attached hydrogens (tertiary/aromatic N) is 3. The number of rotatable bonds is 27. The molecule has 0 aromatic heterocycles. The molecule has 208 valence electrons. The molecule has 0 spiro atoms. The van der Waals surface area contributed by atoms with Crippen molar-refractivity contribution in [3.8, 4) is 12.1 Å². The van der Waals surface area contributed by atoms with Crippen molar-refractivity contribution < 1.29 is 4.79 Å². The van der Waals surface area contributed by atoms with Crippen molar-refractivity contribution in [3.05, 3.63) is 0 Å². The number of nitrogens with one attached hydrogen (secondary N) is 1. The number of carbonyl (C=O) groups excluding carboxylic acids is 1. The summed E-state index contributed by atoms with van der Waals surface area (Å²) < 4.78 is 0. The summed E-state index contributed by atoms with van der Waals surface area (Å²) in [6.07, 6.45) is 25.3. The molecule has 0 rings (SSSR count). The largest absolute Gasteiger partial charge is 0.366 e. The Kier molecular flexibility index (Phi) is 23.9. The van der Waals surface area contributed by atoms with Crippen molar-refractivity contribution in [1.82, 2.24) is 10.2 Å². The first-order valence-corrected chi connectivity index (χ1v) is 15.2. The smallest absolute Gasteiger partial charge is 0.274 e. The predicted molar refractivity (Wildman–Crippen MR) is 151 cm³/mol. The van der Waals surface area contributed by atoms with E-state index in [4.69, 9.17) is 5.73 Å². The van der Waals surface area contributed by atoms with Crippen LogP contribution in [0.15, 0.2) is 0 Å². The summed E-state index contributed by atoms with van der Waals surface area (Å²) in [7, 11) is 0. The maximum absolute atomic E-state index is 12.1. The normalized spacial score (nSPS) is 11.5. The lowest BCUT2D eigenvalue weighted by atomic mass is 9.99. The minimum absolute atomic E-state index is 0.471. The molecule has 0 unspecified atom stereocenters. The molecule has 0 bridgehead atoms. The fourth-order valence-corrected chi connectivity index (χ4v) is 4.75. The second-order valence-electron chi connectivity index (χ2n) is 10.4. The highest BCUT2D eigenvalue weighted by Crippen LogP contribution is 2.16. The van der Waals surface area contributed by atoms with Crippen LogP contribution in [0.2, 0.25) is 0 Å². The van der Waals surface area contributed by atoms with E-state index in [1.165, 1.54) is 103 Å². The van der Waals surface area contributed by atoms with E-state index in [2.05, 4.69) is 19.2 Å². The first kappa shape index (κ1) is 34.4. The number of nitriles is 2. The summed E-state index contributed by atoms with van der Waals surface area (Å²) >= 11 is 0. The van der Waals surface area contributed by atoms with Gasteiger partial charge in [-0.2, -0.15) is 10.5 Å². The number of hydrogen-bond acceptors (Lipinski definition) is 5. The maximum Gasteiger partial charge on any atom is 0.274 e. The second-order valence-corrected chi connectivity index (χ2v) is 10.4. The molecular formula is C30H57N5O. The van der Waals surface area contributed by atoms with Crippen LogP contribution in [-0.2, 0) is 4.79 Å². The maximum atomic E-state index is 12.1. The van der Waals surface area contributed by atoms with Gasteiger partial charge in [0.25, 0.3) is 11.4 Å². The van der Waals surface area contributed by atoms with E-state index in [9.17, 15) is 15.3 Å². The third kappa shape index (κ3) is 16.9. The zero-order valence-corrected chi connectivity index (χ0v) is 23.8. The molecule has 0 heterocycles. The lowest BCUT2D eigenvalue weighted by molar-refractivity contribution is -0.124. The van der Waals surface area contributed by atoms with E-state index in [1.54, 1.807) is 4.90 Å². The molecule has 0 aliphatic heterocycles. The van der Waals surface area contributed by atoms with Gasteiger partial charge in [-0.25, -0.2) is 0 Å². The van der Waals surface area contributed by atoms with Crippen molar-refractivity contribution in [3.63, 3.8) is 0 Å². The Morgan fingerprint density at radius 2 is 1.03 bits per heavy atom. The number of primary amides is 1. The summed E-state index contributed by atoms with van der Waals surface area (Å²) in [6.45, 7) is 7.08. The topological polar surface area (TPSA) is 106 Å². The van der Waals surface area contributed by atoms with E-state index in [0.29, 0.717) is 19.6 Å². The summed E-state index contributed by atoms with van der Waals surface area (Å²) in [6, 6.07) is 3.82. The van der Waals surface area contributed by atoms with Crippen LogP contribution < -0.4 is 11.1 Å². The Labute approximate surface area is 223 Å². The van der Waals surface area contributed by atoms with Gasteiger partial charge in [-0.05, 0) is 19.4 Å². The van der Waals surface area contributed by atoms with Gasteiger partial charge in [0.2, 0.25) is 0 Å². The standard InChI is InChI=1S/C30H57N5O/c1-3-5-7-9-11-13-15-17-19-21-23-34-24-26-35(30(27-31,28-32)29(33)36)25-22-20-18-16-14-12-10-8-6-4-2/h34H,3-26H2,1-2H3,(H2,33,36). The van der Waals surface area contributed by atoms with Crippen LogP contribution in [0.5, 0.6) is 0 Å². The summed E-state index contributed by atoms with van der Waals surface area (Å²) in [4.78, 5) is 13.7. The molecule has 6 nitrogen and oxygen atoms in total. The van der Waals surface area contributed by atoms with Crippen molar-refractivity contribution in [2.24, 2.45) is 5.73 Å². The average molecular weight is 504 g/mol. The van der Waals surface area contributed by atoms with Gasteiger partial charge in [0, 0.05) is 19.6 Å². The molecule has 1 amide bonds. The molecule has 0 saturated heterocycles. The molecule has 0 aliphatic carbocycles. The van der Waals surface area contributed by atoms with Crippen LogP contribution in [0, 0.1) is 22.7 Å². The van der Waals surface area contributed by atoms with Gasteiger partial charge in [-0.1, -0.05) is 129 Å². The Hall–Kier alpha value is -1.63. The van der Waals surface area contributed by atoms with Gasteiger partial charge < -0.3 is 11.1 Å². The third-order valence-corrected chi connectivity index (χ3v) is 7.20. The SMILES string of the molecule is CCCCCCCCCCCCNCCN(CCCCCCCCCCCC)C(C#N)(C#N)C(N)=O. The van der Waals surface area contributed by atoms with Crippen LogP contribution in [-0.4, -0.2) is 42.5 Å². The highest BCUT2D eigenvalue weighted by Gasteiger charge is 2.43. The van der Waals surface area contributed by atoms with Crippen molar-refractivity contribution in [2.45, 2.75) is 148 Å². The summed E-state index contributed by atoms with van der Waals surface area (Å²) in [5, 5.41) is 22.7. The van der Waals surface area contributed by atoms with Gasteiger partial charge in [0.15, 0.2) is 0 Å². The van der Waals surface area contributed by atoms with Gasteiger partial charge in [0.1, 0.15) is 12.1 Å². The monoisotopic (exact) mass is 503 g/mol. The zero-order valence-electron chi connectivity index (χ0n) is 23.8. The lowest BCUT2D eigenvalue weighted by Crippen LogP contribution is -2.57. The van der Waals surface area contributed by atoms with Crippen LogP contribution in [0.4, 0.5) is 0 Å². The van der Waals surface area contributed by atoms with Crippen LogP contribution in [0.25, 0.3) is 0 Å². The molecule has 3 N–H and O–H groups in total. The molecule has 0 aromatic carbocycles. The second kappa shape index (κ2) is 25.0. The van der Waals surface area contributed by atoms with E-state index < -0.39 is 11.4 Å². The Bertz CT molecular complexity index is 581. The van der Waals surface area contributed by atoms with Gasteiger partial charge in [0.05, 0.1) is 0 Å². The van der Waals surface area contributed by atoms with Gasteiger partial charge >= 0.3 is 0 Å². The Morgan fingerprint density at radius 3 is 1.42 bits per heavy atom. The molecule has 0 saturated carbocycles. The van der Waals surface area contributed by atoms with Crippen LogP contribution in [0.1, 0.15) is 142 Å². The molecule has 0 aliphatic rings. The van der Waals surface area contributed by atoms with E-state index in [1.807, 2.05) is 12.1 Å². The summed E-state index contributed by atoms with van der Waals surface area (Å²) in [5.74, 6) is -0.866. The predicted octanol–water partition coefficient (Wildman–Crippen LogP) is 6.99. The number of unbranched alkanes of at least 4 members (excludes halogenated alkanes) is 18. The third-order valence-electron chi connectivity index (χ3n) is 7.20. The van der Waals surface area contributed by atoms with E-state index in [-0.39, 0.29) is 0 Å². The van der Waals surface area contributed by atoms with Crippen LogP contribution >= 0.6 is 0 Å². The Balaban J connectivity index is 4.15. The molecule has 36 heavy (non-hydrogen) atoms. The van der Waals surface area contributed by atoms with Gasteiger partial charge in [-0.15, -0.1) is 0 Å².